The molecule has 1 aliphatic rings. The summed E-state index contributed by atoms with van der Waals surface area (Å²) in [5, 5.41) is 10.7. The Morgan fingerprint density at radius 2 is 2.00 bits per heavy atom. The molecule has 2 N–H and O–H groups in total. The Morgan fingerprint density at radius 1 is 1.41 bits per heavy atom. The monoisotopic (exact) mass is 255 g/mol. The van der Waals surface area contributed by atoms with E-state index in [-0.39, 0.29) is 12.3 Å². The third-order valence-electron chi connectivity index (χ3n) is 2.26. The summed E-state index contributed by atoms with van der Waals surface area (Å²) in [6.07, 6.45) is -4.61. The Hall–Kier alpha value is -1.47. The minimum absolute atomic E-state index is 0.0181. The second kappa shape index (κ2) is 5.24. The molecule has 1 unspecified atom stereocenters. The van der Waals surface area contributed by atoms with Crippen molar-refractivity contribution in [1.29, 1.82) is 0 Å². The van der Waals surface area contributed by atoms with Crippen molar-refractivity contribution in [2.75, 3.05) is 6.61 Å². The summed E-state index contributed by atoms with van der Waals surface area (Å²) in [5.74, 6) is -1.09. The number of nitrogens with one attached hydrogen (secondary N) is 1. The number of alkyl carbamates (subject to hydrolysis) is 1. The van der Waals surface area contributed by atoms with E-state index in [4.69, 9.17) is 5.11 Å². The predicted molar refractivity (Wildman–Crippen MR) is 49.3 cm³/mol. The van der Waals surface area contributed by atoms with Crippen molar-refractivity contribution in [3.8, 4) is 0 Å². The lowest BCUT2D eigenvalue weighted by molar-refractivity contribution is -0.160. The number of ether oxygens (including phenoxy) is 1. The van der Waals surface area contributed by atoms with E-state index < -0.39 is 30.9 Å². The highest BCUT2D eigenvalue weighted by molar-refractivity contribution is 5.71. The number of carboxylic acid groups (broad SMARTS) is 1. The van der Waals surface area contributed by atoms with E-state index in [0.717, 1.165) is 12.8 Å². The lowest BCUT2D eigenvalue weighted by Crippen LogP contribution is -2.39. The van der Waals surface area contributed by atoms with Gasteiger partial charge < -0.3 is 15.2 Å². The second-order valence-corrected chi connectivity index (χ2v) is 3.88. The van der Waals surface area contributed by atoms with E-state index in [1.807, 2.05) is 0 Å². The molecule has 8 heteroatoms. The molecule has 0 spiro atoms. The fourth-order valence-electron chi connectivity index (χ4n) is 1.36. The highest BCUT2D eigenvalue weighted by atomic mass is 19.4. The zero-order chi connectivity index (χ0) is 13.1. The fraction of sp³-hybridized carbons (Fsp3) is 0.778. The van der Waals surface area contributed by atoms with Crippen LogP contribution in [0.4, 0.5) is 18.0 Å². The Labute approximate surface area is 94.9 Å². The first-order valence-electron chi connectivity index (χ1n) is 5.00. The number of amides is 1. The maximum absolute atomic E-state index is 11.7. The van der Waals surface area contributed by atoms with Crippen LogP contribution in [0.15, 0.2) is 0 Å². The largest absolute Gasteiger partial charge is 0.481 e. The first-order chi connectivity index (χ1) is 7.78. The Balaban J connectivity index is 2.34. The van der Waals surface area contributed by atoms with Crippen LogP contribution < -0.4 is 5.32 Å². The van der Waals surface area contributed by atoms with Crippen molar-refractivity contribution in [2.24, 2.45) is 5.92 Å². The van der Waals surface area contributed by atoms with E-state index in [1.54, 1.807) is 0 Å². The van der Waals surface area contributed by atoms with Gasteiger partial charge in [0, 0.05) is 6.04 Å². The maximum atomic E-state index is 11.7. The normalized spacial score (nSPS) is 17.4. The van der Waals surface area contributed by atoms with Crippen LogP contribution in [0.2, 0.25) is 0 Å². The zero-order valence-electron chi connectivity index (χ0n) is 8.79. The van der Waals surface area contributed by atoms with Crippen LogP contribution in [0.1, 0.15) is 19.3 Å². The van der Waals surface area contributed by atoms with Crippen LogP contribution in [0.5, 0.6) is 0 Å². The van der Waals surface area contributed by atoms with Gasteiger partial charge in [-0.1, -0.05) is 0 Å². The average molecular weight is 255 g/mol. The number of hydrogen-bond acceptors (Lipinski definition) is 3. The molecule has 0 aliphatic heterocycles. The molecule has 17 heavy (non-hydrogen) atoms. The van der Waals surface area contributed by atoms with Crippen molar-refractivity contribution in [3.05, 3.63) is 0 Å². The van der Waals surface area contributed by atoms with Gasteiger partial charge in [-0.2, -0.15) is 13.2 Å². The van der Waals surface area contributed by atoms with Crippen molar-refractivity contribution in [2.45, 2.75) is 31.5 Å². The lowest BCUT2D eigenvalue weighted by atomic mass is 10.1. The van der Waals surface area contributed by atoms with E-state index in [0.29, 0.717) is 0 Å². The molecule has 1 saturated carbocycles. The molecule has 0 bridgehead atoms. The van der Waals surface area contributed by atoms with E-state index in [1.165, 1.54) is 0 Å². The van der Waals surface area contributed by atoms with Gasteiger partial charge in [0.05, 0.1) is 6.42 Å². The molecule has 5 nitrogen and oxygen atoms in total. The van der Waals surface area contributed by atoms with Crippen LogP contribution in [0.3, 0.4) is 0 Å². The van der Waals surface area contributed by atoms with E-state index in [2.05, 4.69) is 10.1 Å². The minimum Gasteiger partial charge on any atom is -0.481 e. The van der Waals surface area contributed by atoms with Crippen LogP contribution in [0, 0.1) is 5.92 Å². The van der Waals surface area contributed by atoms with Gasteiger partial charge >= 0.3 is 18.2 Å². The zero-order valence-corrected chi connectivity index (χ0v) is 8.79. The smallest absolute Gasteiger partial charge is 0.422 e. The average Bonchev–Trinajstić information content (AvgIpc) is 2.94. The summed E-state index contributed by atoms with van der Waals surface area (Å²) in [4.78, 5) is 21.5. The van der Waals surface area contributed by atoms with Gasteiger partial charge in [0.15, 0.2) is 6.61 Å². The fourth-order valence-corrected chi connectivity index (χ4v) is 1.36. The lowest BCUT2D eigenvalue weighted by Gasteiger charge is -2.16. The molecular formula is C9H12F3NO4. The highest BCUT2D eigenvalue weighted by Gasteiger charge is 2.35. The quantitative estimate of drug-likeness (QED) is 0.781. The topological polar surface area (TPSA) is 75.6 Å². The second-order valence-electron chi connectivity index (χ2n) is 3.88. The van der Waals surface area contributed by atoms with Crippen molar-refractivity contribution in [1.82, 2.24) is 5.32 Å². The van der Waals surface area contributed by atoms with E-state index in [9.17, 15) is 22.8 Å². The Kier molecular flexibility index (Phi) is 4.19. The number of alkyl halides is 3. The number of carbonyl (C=O) groups is 2. The highest BCUT2D eigenvalue weighted by Crippen LogP contribution is 2.34. The first kappa shape index (κ1) is 13.6. The van der Waals surface area contributed by atoms with Gasteiger partial charge in [-0.25, -0.2) is 4.79 Å². The van der Waals surface area contributed by atoms with Crippen LogP contribution in [-0.2, 0) is 9.53 Å². The summed E-state index contributed by atoms with van der Waals surface area (Å²) >= 11 is 0. The Bertz CT molecular complexity index is 301. The summed E-state index contributed by atoms with van der Waals surface area (Å²) in [6.45, 7) is -1.68. The summed E-state index contributed by atoms with van der Waals surface area (Å²) in [7, 11) is 0. The van der Waals surface area contributed by atoms with Gasteiger partial charge in [-0.3, -0.25) is 4.79 Å². The summed E-state index contributed by atoms with van der Waals surface area (Å²) in [5.41, 5.74) is 0. The molecule has 0 saturated heterocycles. The molecule has 0 aromatic heterocycles. The number of hydrogen-bond donors (Lipinski definition) is 2. The number of aliphatic carboxylic acids is 1. The van der Waals surface area contributed by atoms with Gasteiger partial charge in [0.2, 0.25) is 0 Å². The number of rotatable bonds is 5. The van der Waals surface area contributed by atoms with Gasteiger partial charge in [-0.05, 0) is 18.8 Å². The van der Waals surface area contributed by atoms with Crippen LogP contribution >= 0.6 is 0 Å². The van der Waals surface area contributed by atoms with Crippen molar-refractivity contribution < 1.29 is 32.6 Å². The molecule has 1 fully saturated rings. The van der Waals surface area contributed by atoms with Crippen LogP contribution in [-0.4, -0.2) is 36.0 Å². The SMILES string of the molecule is O=C(O)CC(NC(=O)OCC(F)(F)F)C1CC1. The molecule has 1 rings (SSSR count). The predicted octanol–water partition coefficient (Wildman–Crippen LogP) is 1.53. The third kappa shape index (κ3) is 5.98. The minimum atomic E-state index is -4.58. The number of halogens is 3. The molecule has 1 aliphatic carbocycles. The molecule has 98 valence electrons. The number of carboxylic acids is 1. The maximum Gasteiger partial charge on any atom is 0.422 e. The molecule has 0 aromatic rings. The van der Waals surface area contributed by atoms with Crippen molar-refractivity contribution in [3.63, 3.8) is 0 Å². The molecule has 1 amide bonds. The molecule has 1 atom stereocenters. The van der Waals surface area contributed by atoms with E-state index >= 15 is 0 Å². The van der Waals surface area contributed by atoms with Gasteiger partial charge in [0.25, 0.3) is 0 Å². The summed E-state index contributed by atoms with van der Waals surface area (Å²) in [6, 6.07) is -0.659. The van der Waals surface area contributed by atoms with Crippen molar-refractivity contribution >= 4 is 12.1 Å². The van der Waals surface area contributed by atoms with Crippen LogP contribution in [0.25, 0.3) is 0 Å². The molecule has 0 heterocycles. The third-order valence-corrected chi connectivity index (χ3v) is 2.26. The first-order valence-corrected chi connectivity index (χ1v) is 5.00. The summed E-state index contributed by atoms with van der Waals surface area (Å²) < 4.78 is 39.1. The molecule has 0 aromatic carbocycles. The Morgan fingerprint density at radius 3 is 2.41 bits per heavy atom. The standard InChI is InChI=1S/C9H12F3NO4/c10-9(11,12)4-17-8(16)13-6(3-7(14)15)5-1-2-5/h5-6H,1-4H2,(H,13,16)(H,14,15). The molecular weight excluding hydrogens is 243 g/mol. The molecule has 0 radical (unpaired) electrons. The number of carbonyl (C=O) groups excluding carboxylic acids is 1. The van der Waals surface area contributed by atoms with Gasteiger partial charge in [-0.15, -0.1) is 0 Å². The van der Waals surface area contributed by atoms with Gasteiger partial charge in [0.1, 0.15) is 0 Å².